The van der Waals surface area contributed by atoms with Crippen molar-refractivity contribution in [1.29, 1.82) is 0 Å². The number of aromatic nitrogens is 1. The van der Waals surface area contributed by atoms with Crippen LogP contribution < -0.4 is 10.2 Å². The largest absolute Gasteiger partial charge is 0.417 e. The molecule has 2 saturated heterocycles. The number of halogens is 5. The average molecular weight is 427 g/mol. The lowest BCUT2D eigenvalue weighted by molar-refractivity contribution is -0.139. The summed E-state index contributed by atoms with van der Waals surface area (Å²) in [6.07, 6.45) is -2.36. The number of nitrogens with zero attached hydrogens (tertiary/aromatic N) is 3. The van der Waals surface area contributed by atoms with Gasteiger partial charge >= 0.3 is 6.18 Å². The van der Waals surface area contributed by atoms with Crippen LogP contribution in [0.5, 0.6) is 0 Å². The third-order valence-electron chi connectivity index (χ3n) is 5.08. The van der Waals surface area contributed by atoms with E-state index in [1.54, 1.807) is 0 Å². The van der Waals surface area contributed by atoms with Crippen LogP contribution in [0.3, 0.4) is 0 Å². The van der Waals surface area contributed by atoms with Gasteiger partial charge in [-0.3, -0.25) is 4.79 Å². The highest BCUT2D eigenvalue weighted by Gasteiger charge is 2.34. The molecule has 2 fully saturated rings. The van der Waals surface area contributed by atoms with Gasteiger partial charge in [-0.15, -0.1) is 12.4 Å². The minimum absolute atomic E-state index is 0. The van der Waals surface area contributed by atoms with Crippen LogP contribution in [0, 0.1) is 5.92 Å². The van der Waals surface area contributed by atoms with Crippen LogP contribution in [0.15, 0.2) is 12.3 Å². The molecule has 1 amide bonds. The zero-order chi connectivity index (χ0) is 18.9. The lowest BCUT2D eigenvalue weighted by atomic mass is 9.94. The van der Waals surface area contributed by atoms with E-state index in [2.05, 4.69) is 10.3 Å². The number of amides is 1. The monoisotopic (exact) mass is 426 g/mol. The molecular weight excluding hydrogens is 404 g/mol. The minimum atomic E-state index is -4.46. The molecule has 0 saturated carbocycles. The molecule has 2 aliphatic heterocycles. The number of hydrogen-bond acceptors (Lipinski definition) is 4. The molecule has 0 bridgehead atoms. The second-order valence-electron chi connectivity index (χ2n) is 6.87. The summed E-state index contributed by atoms with van der Waals surface area (Å²) in [5.74, 6) is 0.464. The van der Waals surface area contributed by atoms with E-state index in [1.807, 2.05) is 16.7 Å². The first-order chi connectivity index (χ1) is 12.3. The van der Waals surface area contributed by atoms with Gasteiger partial charge in [0.15, 0.2) is 0 Å². The highest BCUT2D eigenvalue weighted by Crippen LogP contribution is 2.34. The Morgan fingerprint density at radius 3 is 2.52 bits per heavy atom. The van der Waals surface area contributed by atoms with Crippen molar-refractivity contribution in [1.82, 2.24) is 15.2 Å². The quantitative estimate of drug-likeness (QED) is 0.788. The minimum Gasteiger partial charge on any atom is -0.355 e. The third kappa shape index (κ3) is 4.97. The summed E-state index contributed by atoms with van der Waals surface area (Å²) in [7, 11) is 0. The van der Waals surface area contributed by atoms with E-state index in [1.165, 1.54) is 0 Å². The van der Waals surface area contributed by atoms with Gasteiger partial charge in [0.1, 0.15) is 5.82 Å². The zero-order valence-electron chi connectivity index (χ0n) is 14.9. The van der Waals surface area contributed by atoms with Crippen LogP contribution >= 0.6 is 24.0 Å². The van der Waals surface area contributed by atoms with E-state index in [0.717, 1.165) is 25.4 Å². The molecule has 1 aromatic rings. The summed E-state index contributed by atoms with van der Waals surface area (Å²) in [5, 5.41) is 3.25. The maximum absolute atomic E-state index is 12.7. The first kappa shape index (κ1) is 22.0. The van der Waals surface area contributed by atoms with Crippen molar-refractivity contribution < 1.29 is 18.0 Å². The summed E-state index contributed by atoms with van der Waals surface area (Å²) in [4.78, 5) is 20.4. The van der Waals surface area contributed by atoms with Gasteiger partial charge in [-0.2, -0.15) is 13.2 Å². The number of anilines is 1. The van der Waals surface area contributed by atoms with Gasteiger partial charge in [-0.1, -0.05) is 11.6 Å². The Labute approximate surface area is 167 Å². The SMILES string of the molecule is C[C@H]1CNCCN1C(=O)C1CCN(c2ncc(C(F)(F)F)cc2Cl)CC1.Cl. The van der Waals surface area contributed by atoms with E-state index in [0.29, 0.717) is 38.3 Å². The van der Waals surface area contributed by atoms with Crippen LogP contribution in [0.25, 0.3) is 0 Å². The van der Waals surface area contributed by atoms with E-state index < -0.39 is 11.7 Å². The van der Waals surface area contributed by atoms with Crippen molar-refractivity contribution in [2.75, 3.05) is 37.6 Å². The summed E-state index contributed by atoms with van der Waals surface area (Å²) in [6.45, 7) is 5.46. The fourth-order valence-electron chi connectivity index (χ4n) is 3.56. The molecule has 0 spiro atoms. The number of nitrogens with one attached hydrogen (secondary N) is 1. The third-order valence-corrected chi connectivity index (χ3v) is 5.36. The van der Waals surface area contributed by atoms with E-state index in [-0.39, 0.29) is 35.3 Å². The van der Waals surface area contributed by atoms with Crippen LogP contribution in [-0.2, 0) is 11.0 Å². The Balaban J connectivity index is 0.00000261. The maximum atomic E-state index is 12.7. The van der Waals surface area contributed by atoms with Gasteiger partial charge in [-0.05, 0) is 25.8 Å². The number of carbonyl (C=O) groups excluding carboxylic acids is 1. The summed E-state index contributed by atoms with van der Waals surface area (Å²) in [5.41, 5.74) is -0.857. The van der Waals surface area contributed by atoms with Gasteiger partial charge < -0.3 is 15.1 Å². The molecule has 1 aromatic heterocycles. The summed E-state index contributed by atoms with van der Waals surface area (Å²) in [6, 6.07) is 1.09. The van der Waals surface area contributed by atoms with Crippen LogP contribution in [0.1, 0.15) is 25.3 Å². The number of pyridine rings is 1. The van der Waals surface area contributed by atoms with Crippen molar-refractivity contribution in [3.05, 3.63) is 22.8 Å². The first-order valence-electron chi connectivity index (χ1n) is 8.76. The van der Waals surface area contributed by atoms with Crippen LogP contribution in [-0.4, -0.2) is 54.6 Å². The fourth-order valence-corrected chi connectivity index (χ4v) is 3.85. The van der Waals surface area contributed by atoms with Crippen molar-refractivity contribution in [3.8, 4) is 0 Å². The molecule has 0 radical (unpaired) electrons. The number of piperazine rings is 1. The molecule has 1 atom stereocenters. The lowest BCUT2D eigenvalue weighted by Crippen LogP contribution is -2.54. The Morgan fingerprint density at radius 1 is 1.30 bits per heavy atom. The molecule has 27 heavy (non-hydrogen) atoms. The van der Waals surface area contributed by atoms with Crippen molar-refractivity contribution in [2.24, 2.45) is 5.92 Å². The van der Waals surface area contributed by atoms with Gasteiger partial charge in [0.25, 0.3) is 0 Å². The van der Waals surface area contributed by atoms with Crippen LogP contribution in [0.2, 0.25) is 5.02 Å². The topological polar surface area (TPSA) is 48.5 Å². The molecule has 10 heteroatoms. The number of rotatable bonds is 2. The van der Waals surface area contributed by atoms with Gasteiger partial charge in [-0.25, -0.2) is 4.98 Å². The molecule has 3 rings (SSSR count). The van der Waals surface area contributed by atoms with Gasteiger partial charge in [0, 0.05) is 50.9 Å². The van der Waals surface area contributed by atoms with Gasteiger partial charge in [0.05, 0.1) is 10.6 Å². The Morgan fingerprint density at radius 2 is 1.96 bits per heavy atom. The lowest BCUT2D eigenvalue weighted by Gasteiger charge is -2.39. The number of piperidine rings is 1. The molecule has 3 heterocycles. The fraction of sp³-hybridized carbons (Fsp3) is 0.647. The molecule has 152 valence electrons. The number of alkyl halides is 3. The Hall–Kier alpha value is -1.25. The Kier molecular flexibility index (Phi) is 7.21. The molecule has 0 aromatic carbocycles. The first-order valence-corrected chi connectivity index (χ1v) is 9.14. The molecule has 0 unspecified atom stereocenters. The van der Waals surface area contributed by atoms with Crippen molar-refractivity contribution in [3.63, 3.8) is 0 Å². The number of carbonyl (C=O) groups is 1. The molecule has 2 aliphatic rings. The van der Waals surface area contributed by atoms with Crippen molar-refractivity contribution in [2.45, 2.75) is 32.0 Å². The second kappa shape index (κ2) is 8.84. The van der Waals surface area contributed by atoms with Crippen molar-refractivity contribution >= 4 is 35.7 Å². The summed E-state index contributed by atoms with van der Waals surface area (Å²) < 4.78 is 38.2. The molecule has 1 N–H and O–H groups in total. The predicted molar refractivity (Wildman–Crippen MR) is 100 cm³/mol. The molecular formula is C17H23Cl2F3N4O. The van der Waals surface area contributed by atoms with E-state index >= 15 is 0 Å². The number of hydrogen-bond donors (Lipinski definition) is 1. The highest BCUT2D eigenvalue weighted by atomic mass is 35.5. The molecule has 0 aliphatic carbocycles. The smallest absolute Gasteiger partial charge is 0.355 e. The van der Waals surface area contributed by atoms with Crippen LogP contribution in [0.4, 0.5) is 19.0 Å². The van der Waals surface area contributed by atoms with Gasteiger partial charge in [0.2, 0.25) is 5.91 Å². The second-order valence-corrected chi connectivity index (χ2v) is 7.28. The average Bonchev–Trinajstić information content (AvgIpc) is 2.61. The maximum Gasteiger partial charge on any atom is 0.417 e. The Bertz CT molecular complexity index is 666. The highest BCUT2D eigenvalue weighted by molar-refractivity contribution is 6.33. The summed E-state index contributed by atoms with van der Waals surface area (Å²) >= 11 is 6.02. The van der Waals surface area contributed by atoms with E-state index in [4.69, 9.17) is 11.6 Å². The van der Waals surface area contributed by atoms with E-state index in [9.17, 15) is 18.0 Å². The normalized spacial score (nSPS) is 21.7. The standard InChI is InChI=1S/C17H22ClF3N4O.ClH/c1-11-9-22-4-7-25(11)16(26)12-2-5-24(6-3-12)15-14(18)8-13(10-23-15)17(19,20)21;/h8,10-12,22H,2-7,9H2,1H3;1H/t11-;/m0./s1. The molecule has 5 nitrogen and oxygen atoms in total. The zero-order valence-corrected chi connectivity index (χ0v) is 16.5. The predicted octanol–water partition coefficient (Wildman–Crippen LogP) is 3.21.